The Bertz CT molecular complexity index is 926. The number of rotatable bonds is 6. The van der Waals surface area contributed by atoms with Gasteiger partial charge in [-0.15, -0.1) is 10.2 Å². The van der Waals surface area contributed by atoms with Crippen molar-refractivity contribution in [3.63, 3.8) is 0 Å². The summed E-state index contributed by atoms with van der Waals surface area (Å²) in [6.45, 7) is 5.00. The van der Waals surface area contributed by atoms with Gasteiger partial charge in [0.25, 0.3) is 0 Å². The number of halogens is 3. The number of benzene rings is 1. The minimum Gasteiger partial charge on any atom is -0.299 e. The molecular formula is C15H17F3N4O3S2. The highest BCUT2D eigenvalue weighted by Crippen LogP contribution is 2.34. The van der Waals surface area contributed by atoms with E-state index in [1.165, 1.54) is 13.0 Å². The minimum absolute atomic E-state index is 0.1000. The third kappa shape index (κ3) is 5.23. The molecule has 1 atom stereocenters. The lowest BCUT2D eigenvalue weighted by atomic mass is 10.2. The van der Waals surface area contributed by atoms with Gasteiger partial charge in [-0.3, -0.25) is 10.1 Å². The average molecular weight is 422 g/mol. The molecule has 2 rings (SSSR count). The first-order chi connectivity index (χ1) is 12.4. The van der Waals surface area contributed by atoms with Crippen LogP contribution in [0.1, 0.15) is 37.3 Å². The van der Waals surface area contributed by atoms with Crippen molar-refractivity contribution in [1.82, 2.24) is 14.9 Å². The summed E-state index contributed by atoms with van der Waals surface area (Å²) < 4.78 is 65.8. The molecule has 0 saturated carbocycles. The van der Waals surface area contributed by atoms with Crippen LogP contribution in [-0.2, 0) is 21.0 Å². The molecule has 27 heavy (non-hydrogen) atoms. The van der Waals surface area contributed by atoms with Crippen molar-refractivity contribution >= 4 is 32.4 Å². The predicted molar refractivity (Wildman–Crippen MR) is 93.9 cm³/mol. The van der Waals surface area contributed by atoms with Gasteiger partial charge < -0.3 is 0 Å². The van der Waals surface area contributed by atoms with E-state index in [2.05, 4.69) is 15.5 Å². The first-order valence-electron chi connectivity index (χ1n) is 7.74. The van der Waals surface area contributed by atoms with Crippen LogP contribution in [0.2, 0.25) is 0 Å². The number of nitrogens with one attached hydrogen (secondary N) is 2. The van der Waals surface area contributed by atoms with Crippen molar-refractivity contribution in [2.75, 3.05) is 5.32 Å². The summed E-state index contributed by atoms with van der Waals surface area (Å²) in [4.78, 5) is 11.2. The van der Waals surface area contributed by atoms with Crippen LogP contribution in [0.5, 0.6) is 0 Å². The van der Waals surface area contributed by atoms with Crippen molar-refractivity contribution in [3.05, 3.63) is 34.8 Å². The molecule has 0 aliphatic carbocycles. The fourth-order valence-corrected chi connectivity index (χ4v) is 4.20. The highest BCUT2D eigenvalue weighted by Gasteiger charge is 2.37. The van der Waals surface area contributed by atoms with Gasteiger partial charge in [-0.05, 0) is 19.1 Å². The van der Waals surface area contributed by atoms with Crippen LogP contribution >= 0.6 is 11.3 Å². The largest absolute Gasteiger partial charge is 0.417 e. The molecule has 1 heterocycles. The zero-order chi connectivity index (χ0) is 20.4. The van der Waals surface area contributed by atoms with E-state index in [1.54, 1.807) is 0 Å². The first-order valence-corrected chi connectivity index (χ1v) is 10.0. The lowest BCUT2D eigenvalue weighted by Gasteiger charge is -2.16. The number of hydrogen-bond acceptors (Lipinski definition) is 6. The average Bonchev–Trinajstić information content (AvgIpc) is 3.02. The van der Waals surface area contributed by atoms with Gasteiger partial charge in [-0.1, -0.05) is 37.3 Å². The predicted octanol–water partition coefficient (Wildman–Crippen LogP) is 2.99. The Morgan fingerprint density at radius 1 is 1.15 bits per heavy atom. The smallest absolute Gasteiger partial charge is 0.299 e. The lowest BCUT2D eigenvalue weighted by molar-refractivity contribution is -0.139. The van der Waals surface area contributed by atoms with Gasteiger partial charge in [-0.2, -0.15) is 17.9 Å². The molecule has 0 fully saturated rings. The Labute approximate surface area is 158 Å². The standard InChI is InChI=1S/C15H17F3N4O3S2/c1-8(2)13-20-21-14(26-13)19-12(23)9(3)22-27(24,25)11-7-5-4-6-10(11)15(16,17)18/h4-9,22H,1-3H3,(H,19,21,23)/t9-/m0/s1. The van der Waals surface area contributed by atoms with Gasteiger partial charge in [-0.25, -0.2) is 8.42 Å². The zero-order valence-electron chi connectivity index (χ0n) is 14.5. The van der Waals surface area contributed by atoms with E-state index < -0.39 is 38.6 Å². The third-order valence-corrected chi connectivity index (χ3v) is 6.11. The van der Waals surface area contributed by atoms with Gasteiger partial charge in [0, 0.05) is 5.92 Å². The number of carbonyl (C=O) groups excluding carboxylic acids is 1. The van der Waals surface area contributed by atoms with Crippen LogP contribution in [0, 0.1) is 0 Å². The molecule has 12 heteroatoms. The lowest BCUT2D eigenvalue weighted by Crippen LogP contribution is -2.42. The van der Waals surface area contributed by atoms with Crippen LogP contribution in [0.25, 0.3) is 0 Å². The van der Waals surface area contributed by atoms with Crippen molar-refractivity contribution in [2.24, 2.45) is 0 Å². The van der Waals surface area contributed by atoms with Gasteiger partial charge in [0.05, 0.1) is 16.5 Å². The van der Waals surface area contributed by atoms with Crippen LogP contribution in [0.4, 0.5) is 18.3 Å². The van der Waals surface area contributed by atoms with Crippen LogP contribution in [-0.4, -0.2) is 30.6 Å². The maximum Gasteiger partial charge on any atom is 0.417 e. The SMILES string of the molecule is CC(C)c1nnc(NC(=O)[C@H](C)NS(=O)(=O)c2ccccc2C(F)(F)F)s1. The molecule has 0 bridgehead atoms. The maximum absolute atomic E-state index is 13.0. The van der Waals surface area contributed by atoms with Crippen molar-refractivity contribution in [1.29, 1.82) is 0 Å². The Hall–Kier alpha value is -2.05. The second-order valence-corrected chi connectivity index (χ2v) is 8.62. The van der Waals surface area contributed by atoms with E-state index in [4.69, 9.17) is 0 Å². The van der Waals surface area contributed by atoms with Crippen LogP contribution in [0.3, 0.4) is 0 Å². The van der Waals surface area contributed by atoms with E-state index in [1.807, 2.05) is 18.6 Å². The highest BCUT2D eigenvalue weighted by atomic mass is 32.2. The number of anilines is 1. The Morgan fingerprint density at radius 2 is 1.78 bits per heavy atom. The van der Waals surface area contributed by atoms with Gasteiger partial charge in [0.15, 0.2) is 0 Å². The van der Waals surface area contributed by atoms with Crippen LogP contribution < -0.4 is 10.0 Å². The molecule has 0 spiro atoms. The molecule has 0 saturated heterocycles. The van der Waals surface area contributed by atoms with E-state index >= 15 is 0 Å². The summed E-state index contributed by atoms with van der Waals surface area (Å²) in [6.07, 6.45) is -4.85. The molecule has 0 unspecified atom stereocenters. The summed E-state index contributed by atoms with van der Waals surface area (Å²) in [5, 5.41) is 10.9. The minimum atomic E-state index is -4.85. The fourth-order valence-electron chi connectivity index (χ4n) is 2.02. The normalized spacial score (nSPS) is 13.6. The van der Waals surface area contributed by atoms with Crippen molar-refractivity contribution < 1.29 is 26.4 Å². The number of aromatic nitrogens is 2. The van der Waals surface area contributed by atoms with Crippen LogP contribution in [0.15, 0.2) is 29.2 Å². The van der Waals surface area contributed by atoms with E-state index in [0.717, 1.165) is 23.5 Å². The second kappa shape index (κ2) is 7.90. The molecular weight excluding hydrogens is 405 g/mol. The number of sulfonamides is 1. The molecule has 0 radical (unpaired) electrons. The molecule has 2 N–H and O–H groups in total. The van der Waals surface area contributed by atoms with Crippen molar-refractivity contribution in [2.45, 2.75) is 43.8 Å². The summed E-state index contributed by atoms with van der Waals surface area (Å²) >= 11 is 1.13. The number of alkyl halides is 3. The topological polar surface area (TPSA) is 101 Å². The number of carbonyl (C=O) groups is 1. The molecule has 0 aliphatic heterocycles. The molecule has 7 nitrogen and oxygen atoms in total. The van der Waals surface area contributed by atoms with Crippen molar-refractivity contribution in [3.8, 4) is 0 Å². The maximum atomic E-state index is 13.0. The van der Waals surface area contributed by atoms with E-state index in [-0.39, 0.29) is 11.0 Å². The van der Waals surface area contributed by atoms with E-state index in [0.29, 0.717) is 11.1 Å². The first kappa shape index (κ1) is 21.3. The molecule has 1 amide bonds. The molecule has 1 aromatic carbocycles. The number of hydrogen-bond donors (Lipinski definition) is 2. The summed E-state index contributed by atoms with van der Waals surface area (Å²) in [7, 11) is -4.58. The quantitative estimate of drug-likeness (QED) is 0.745. The van der Waals surface area contributed by atoms with Gasteiger partial charge in [0.1, 0.15) is 5.01 Å². The Morgan fingerprint density at radius 3 is 2.33 bits per heavy atom. The zero-order valence-corrected chi connectivity index (χ0v) is 16.2. The monoisotopic (exact) mass is 422 g/mol. The summed E-state index contributed by atoms with van der Waals surface area (Å²) in [6, 6.07) is 2.41. The van der Waals surface area contributed by atoms with Gasteiger partial charge >= 0.3 is 6.18 Å². The summed E-state index contributed by atoms with van der Waals surface area (Å²) in [5.74, 6) is -0.669. The third-order valence-electron chi connectivity index (χ3n) is 3.37. The molecule has 1 aromatic heterocycles. The van der Waals surface area contributed by atoms with E-state index in [9.17, 15) is 26.4 Å². The Kier molecular flexibility index (Phi) is 6.22. The summed E-state index contributed by atoms with van der Waals surface area (Å²) in [5.41, 5.74) is -1.31. The highest BCUT2D eigenvalue weighted by molar-refractivity contribution is 7.89. The Balaban J connectivity index is 2.16. The number of amides is 1. The second-order valence-electron chi connectivity index (χ2n) is 5.93. The fraction of sp³-hybridized carbons (Fsp3) is 0.400. The number of nitrogens with zero attached hydrogens (tertiary/aromatic N) is 2. The molecule has 148 valence electrons. The molecule has 0 aliphatic rings. The molecule has 2 aromatic rings. The van der Waals surface area contributed by atoms with Gasteiger partial charge in [0.2, 0.25) is 21.1 Å².